The first kappa shape index (κ1) is 12.6. The third kappa shape index (κ3) is 2.14. The molecule has 1 N–H and O–H groups in total. The van der Waals surface area contributed by atoms with Crippen molar-refractivity contribution in [3.8, 4) is 0 Å². The molecule has 6 heteroatoms. The van der Waals surface area contributed by atoms with Gasteiger partial charge in [0.05, 0.1) is 12.4 Å². The fraction of sp³-hybridized carbons (Fsp3) is 0.533. The lowest BCUT2D eigenvalue weighted by molar-refractivity contribution is 0.0672. The second-order valence-electron chi connectivity index (χ2n) is 5.94. The summed E-state index contributed by atoms with van der Waals surface area (Å²) in [6.07, 6.45) is 10.9. The first-order valence-electron chi connectivity index (χ1n) is 7.66. The maximum atomic E-state index is 12.8. The Balaban J connectivity index is 1.54. The van der Waals surface area contributed by atoms with Crippen LogP contribution in [0.15, 0.2) is 18.7 Å². The minimum Gasteiger partial charge on any atom is -0.335 e. The summed E-state index contributed by atoms with van der Waals surface area (Å²) < 4.78 is 2.11. The minimum absolute atomic E-state index is 0.0826. The van der Waals surface area contributed by atoms with Gasteiger partial charge in [-0.25, -0.2) is 4.98 Å². The molecule has 0 spiro atoms. The Kier molecular flexibility index (Phi) is 3.02. The molecule has 4 rings (SSSR count). The number of aryl methyl sites for hydroxylation is 1. The van der Waals surface area contributed by atoms with Gasteiger partial charge in [0.2, 0.25) is 0 Å². The largest absolute Gasteiger partial charge is 0.335 e. The molecular formula is C15H19N5O. The summed E-state index contributed by atoms with van der Waals surface area (Å²) in [4.78, 5) is 18.8. The first-order valence-corrected chi connectivity index (χ1v) is 7.66. The molecule has 1 aliphatic carbocycles. The number of aromatic amines is 1. The molecule has 1 atom stereocenters. The first-order chi connectivity index (χ1) is 10.3. The van der Waals surface area contributed by atoms with Gasteiger partial charge in [-0.1, -0.05) is 0 Å². The van der Waals surface area contributed by atoms with E-state index < -0.39 is 0 Å². The van der Waals surface area contributed by atoms with Crippen LogP contribution in [0.2, 0.25) is 0 Å². The minimum atomic E-state index is 0.0826. The van der Waals surface area contributed by atoms with Crippen LogP contribution in [-0.4, -0.2) is 43.6 Å². The zero-order chi connectivity index (χ0) is 14.2. The number of fused-ring (bicyclic) bond motifs is 1. The molecule has 2 aromatic rings. The number of carbonyl (C=O) groups excluding carboxylic acids is 1. The molecule has 1 saturated heterocycles. The van der Waals surface area contributed by atoms with E-state index >= 15 is 0 Å². The lowest BCUT2D eigenvalue weighted by Gasteiger charge is -2.33. The van der Waals surface area contributed by atoms with Gasteiger partial charge in [-0.05, 0) is 32.1 Å². The Hall–Kier alpha value is -2.11. The number of hydrogen-bond donors (Lipinski definition) is 1. The van der Waals surface area contributed by atoms with Crippen molar-refractivity contribution in [2.75, 3.05) is 13.1 Å². The summed E-state index contributed by atoms with van der Waals surface area (Å²) in [6, 6.07) is 0.331. The highest BCUT2D eigenvalue weighted by molar-refractivity contribution is 5.94. The Bertz CT molecular complexity index is 645. The highest BCUT2D eigenvalue weighted by atomic mass is 16.2. The number of piperidine rings is 1. The quantitative estimate of drug-likeness (QED) is 0.911. The summed E-state index contributed by atoms with van der Waals surface area (Å²) in [5.74, 6) is 0.0826. The Morgan fingerprint density at radius 3 is 3.14 bits per heavy atom. The van der Waals surface area contributed by atoms with Gasteiger partial charge in [0.1, 0.15) is 0 Å². The Morgan fingerprint density at radius 1 is 1.33 bits per heavy atom. The van der Waals surface area contributed by atoms with Crippen molar-refractivity contribution in [1.29, 1.82) is 0 Å². The number of likely N-dealkylation sites (tertiary alicyclic amines) is 1. The molecule has 21 heavy (non-hydrogen) atoms. The van der Waals surface area contributed by atoms with E-state index in [-0.39, 0.29) is 5.91 Å². The zero-order valence-electron chi connectivity index (χ0n) is 12.0. The van der Waals surface area contributed by atoms with Crippen molar-refractivity contribution in [2.45, 2.75) is 38.1 Å². The topological polar surface area (TPSA) is 66.8 Å². The second kappa shape index (κ2) is 5.02. The van der Waals surface area contributed by atoms with Gasteiger partial charge in [0.25, 0.3) is 5.91 Å². The molecule has 0 aromatic carbocycles. The van der Waals surface area contributed by atoms with E-state index in [1.807, 2.05) is 17.4 Å². The smallest absolute Gasteiger partial charge is 0.274 e. The number of imidazole rings is 1. The number of aromatic nitrogens is 4. The highest BCUT2D eigenvalue weighted by Crippen LogP contribution is 2.26. The average molecular weight is 285 g/mol. The van der Waals surface area contributed by atoms with Crippen molar-refractivity contribution in [3.63, 3.8) is 0 Å². The van der Waals surface area contributed by atoms with Gasteiger partial charge in [-0.15, -0.1) is 0 Å². The second-order valence-corrected chi connectivity index (χ2v) is 5.94. The summed E-state index contributed by atoms with van der Waals surface area (Å²) in [5, 5.41) is 7.30. The molecule has 1 fully saturated rings. The van der Waals surface area contributed by atoms with E-state index in [0.29, 0.717) is 11.7 Å². The van der Waals surface area contributed by atoms with E-state index in [1.54, 1.807) is 6.20 Å². The highest BCUT2D eigenvalue weighted by Gasteiger charge is 2.30. The van der Waals surface area contributed by atoms with Crippen LogP contribution >= 0.6 is 0 Å². The Morgan fingerprint density at radius 2 is 2.29 bits per heavy atom. The summed E-state index contributed by atoms with van der Waals surface area (Å²) >= 11 is 0. The molecule has 2 aliphatic rings. The van der Waals surface area contributed by atoms with Gasteiger partial charge >= 0.3 is 0 Å². The van der Waals surface area contributed by atoms with Crippen LogP contribution in [0.5, 0.6) is 0 Å². The fourth-order valence-electron chi connectivity index (χ4n) is 3.51. The molecule has 6 nitrogen and oxygen atoms in total. The van der Waals surface area contributed by atoms with Gasteiger partial charge in [0, 0.05) is 36.7 Å². The predicted molar refractivity (Wildman–Crippen MR) is 77.0 cm³/mol. The third-order valence-electron chi connectivity index (χ3n) is 4.64. The number of amides is 1. The van der Waals surface area contributed by atoms with Crippen LogP contribution < -0.4 is 0 Å². The van der Waals surface area contributed by atoms with E-state index in [0.717, 1.165) is 56.5 Å². The van der Waals surface area contributed by atoms with Crippen molar-refractivity contribution in [3.05, 3.63) is 35.7 Å². The predicted octanol–water partition coefficient (Wildman–Crippen LogP) is 1.57. The number of hydrogen-bond acceptors (Lipinski definition) is 3. The molecule has 3 heterocycles. The van der Waals surface area contributed by atoms with Crippen molar-refractivity contribution in [2.24, 2.45) is 0 Å². The van der Waals surface area contributed by atoms with Crippen LogP contribution in [0.25, 0.3) is 0 Å². The number of nitrogens with zero attached hydrogens (tertiary/aromatic N) is 4. The van der Waals surface area contributed by atoms with Gasteiger partial charge in [0.15, 0.2) is 5.69 Å². The van der Waals surface area contributed by atoms with Gasteiger partial charge in [-0.3, -0.25) is 9.89 Å². The number of rotatable bonds is 2. The van der Waals surface area contributed by atoms with Crippen LogP contribution in [0.3, 0.4) is 0 Å². The van der Waals surface area contributed by atoms with E-state index in [4.69, 9.17) is 0 Å². The SMILES string of the molecule is O=C(c1n[nH]c2c1CCC2)N1CCC[C@H](n2ccnc2)C1. The van der Waals surface area contributed by atoms with E-state index in [9.17, 15) is 4.79 Å². The lowest BCUT2D eigenvalue weighted by atomic mass is 10.0. The van der Waals surface area contributed by atoms with Crippen LogP contribution in [-0.2, 0) is 12.8 Å². The van der Waals surface area contributed by atoms with Crippen LogP contribution in [0, 0.1) is 0 Å². The molecule has 110 valence electrons. The maximum absolute atomic E-state index is 12.8. The zero-order valence-corrected chi connectivity index (χ0v) is 12.0. The van der Waals surface area contributed by atoms with Crippen molar-refractivity contribution >= 4 is 5.91 Å². The standard InChI is InChI=1S/C15H19N5O/c21-15(14-12-4-1-5-13(12)17-18-14)19-7-2-3-11(9-19)20-8-6-16-10-20/h6,8,10-11H,1-5,7,9H2,(H,17,18)/t11-/m0/s1. The summed E-state index contributed by atoms with van der Waals surface area (Å²) in [7, 11) is 0. The molecule has 0 unspecified atom stereocenters. The summed E-state index contributed by atoms with van der Waals surface area (Å²) in [6.45, 7) is 1.57. The van der Waals surface area contributed by atoms with Crippen LogP contribution in [0.1, 0.15) is 47.1 Å². The molecule has 0 bridgehead atoms. The molecule has 0 saturated carbocycles. The monoisotopic (exact) mass is 285 g/mol. The molecule has 1 amide bonds. The number of nitrogens with one attached hydrogen (secondary N) is 1. The molecule has 1 aliphatic heterocycles. The van der Waals surface area contributed by atoms with Crippen molar-refractivity contribution < 1.29 is 4.79 Å². The normalized spacial score (nSPS) is 21.5. The van der Waals surface area contributed by atoms with Gasteiger partial charge < -0.3 is 9.47 Å². The lowest BCUT2D eigenvalue weighted by Crippen LogP contribution is -2.41. The number of H-pyrrole nitrogens is 1. The average Bonchev–Trinajstić information content (AvgIpc) is 3.23. The molecule has 0 radical (unpaired) electrons. The summed E-state index contributed by atoms with van der Waals surface area (Å²) in [5.41, 5.74) is 2.94. The molecular weight excluding hydrogens is 266 g/mol. The fourth-order valence-corrected chi connectivity index (χ4v) is 3.51. The van der Waals surface area contributed by atoms with E-state index in [1.165, 1.54) is 0 Å². The number of carbonyl (C=O) groups is 1. The maximum Gasteiger partial charge on any atom is 0.274 e. The third-order valence-corrected chi connectivity index (χ3v) is 4.64. The van der Waals surface area contributed by atoms with E-state index in [2.05, 4.69) is 19.7 Å². The van der Waals surface area contributed by atoms with Gasteiger partial charge in [-0.2, -0.15) is 5.10 Å². The molecule has 2 aromatic heterocycles. The van der Waals surface area contributed by atoms with Crippen molar-refractivity contribution in [1.82, 2.24) is 24.6 Å². The Labute approximate surface area is 123 Å². The van der Waals surface area contributed by atoms with Crippen LogP contribution in [0.4, 0.5) is 0 Å².